The van der Waals surface area contributed by atoms with Crippen molar-refractivity contribution in [1.82, 2.24) is 10.4 Å². The number of hydrazine groups is 1. The number of esters is 1. The molecule has 0 aromatic rings. The van der Waals surface area contributed by atoms with Crippen LogP contribution < -0.4 is 5.43 Å². The molecule has 1 N–H and O–H groups in total. The molecule has 0 aromatic carbocycles. The van der Waals surface area contributed by atoms with Crippen molar-refractivity contribution in [2.75, 3.05) is 39.5 Å². The zero-order valence-electron chi connectivity index (χ0n) is 10.0. The first-order valence-electron chi connectivity index (χ1n) is 6.04. The molecule has 94 valence electrons. The van der Waals surface area contributed by atoms with Gasteiger partial charge in [0.15, 0.2) is 0 Å². The van der Waals surface area contributed by atoms with Gasteiger partial charge < -0.3 is 9.47 Å². The van der Waals surface area contributed by atoms with Crippen LogP contribution in [0, 0.1) is 0 Å². The van der Waals surface area contributed by atoms with E-state index in [4.69, 9.17) is 9.47 Å². The minimum absolute atomic E-state index is 0.0511. The van der Waals surface area contributed by atoms with Crippen LogP contribution in [0.15, 0.2) is 0 Å². The highest BCUT2D eigenvalue weighted by Crippen LogP contribution is 2.05. The van der Waals surface area contributed by atoms with Crippen LogP contribution >= 0.6 is 0 Å². The molecule has 1 fully saturated rings. The number of ether oxygens (including phenoxy) is 2. The fourth-order valence-electron chi connectivity index (χ4n) is 1.69. The van der Waals surface area contributed by atoms with Crippen LogP contribution in [0.1, 0.15) is 26.2 Å². The summed E-state index contributed by atoms with van der Waals surface area (Å²) in [5, 5.41) is 2.22. The predicted octanol–water partition coefficient (Wildman–Crippen LogP) is 0.557. The van der Waals surface area contributed by atoms with Gasteiger partial charge in [0.05, 0.1) is 13.2 Å². The highest BCUT2D eigenvalue weighted by molar-refractivity contribution is 5.70. The first kappa shape index (κ1) is 13.4. The second kappa shape index (κ2) is 8.50. The zero-order chi connectivity index (χ0) is 11.6. The summed E-state index contributed by atoms with van der Waals surface area (Å²) in [6.07, 6.45) is 3.85. The summed E-state index contributed by atoms with van der Waals surface area (Å²) < 4.78 is 9.92. The van der Waals surface area contributed by atoms with Crippen LogP contribution in [0.3, 0.4) is 0 Å². The number of carbonyl (C=O) groups excluding carboxylic acids is 1. The van der Waals surface area contributed by atoms with Gasteiger partial charge in [-0.3, -0.25) is 5.43 Å². The van der Waals surface area contributed by atoms with E-state index in [9.17, 15) is 4.79 Å². The Morgan fingerprint density at radius 3 is 2.75 bits per heavy atom. The quantitative estimate of drug-likeness (QED) is 0.511. The van der Waals surface area contributed by atoms with Crippen molar-refractivity contribution in [2.45, 2.75) is 26.2 Å². The number of hydrogen-bond acceptors (Lipinski definition) is 5. The number of rotatable bonds is 7. The van der Waals surface area contributed by atoms with Gasteiger partial charge in [0.25, 0.3) is 0 Å². The van der Waals surface area contributed by atoms with Crippen molar-refractivity contribution in [2.24, 2.45) is 0 Å². The maximum atomic E-state index is 10.9. The molecule has 0 atom stereocenters. The molecular weight excluding hydrogens is 208 g/mol. The van der Waals surface area contributed by atoms with Crippen LogP contribution in [0.5, 0.6) is 0 Å². The smallest absolute Gasteiger partial charge is 0.332 e. The highest BCUT2D eigenvalue weighted by Gasteiger charge is 2.08. The lowest BCUT2D eigenvalue weighted by molar-refractivity contribution is -0.148. The van der Waals surface area contributed by atoms with Gasteiger partial charge in [-0.05, 0) is 19.8 Å². The molecular formula is C11H22N2O3. The minimum Gasteiger partial charge on any atom is -0.464 e. The van der Waals surface area contributed by atoms with Crippen LogP contribution in [0.25, 0.3) is 0 Å². The first-order chi connectivity index (χ1) is 7.83. The van der Waals surface area contributed by atoms with Crippen molar-refractivity contribution in [1.29, 1.82) is 0 Å². The third-order valence-corrected chi connectivity index (χ3v) is 2.46. The van der Waals surface area contributed by atoms with Gasteiger partial charge in [0, 0.05) is 19.6 Å². The van der Waals surface area contributed by atoms with Crippen molar-refractivity contribution in [3.8, 4) is 0 Å². The average molecular weight is 230 g/mol. The molecule has 16 heavy (non-hydrogen) atoms. The molecule has 5 heteroatoms. The third kappa shape index (κ3) is 6.05. The predicted molar refractivity (Wildman–Crippen MR) is 60.9 cm³/mol. The van der Waals surface area contributed by atoms with E-state index < -0.39 is 0 Å². The second-order valence-corrected chi connectivity index (χ2v) is 3.81. The summed E-state index contributed by atoms with van der Waals surface area (Å²) in [7, 11) is 0. The van der Waals surface area contributed by atoms with Crippen LogP contribution in [0.2, 0.25) is 0 Å². The summed E-state index contributed by atoms with van der Waals surface area (Å²) in [6.45, 7) is 5.75. The molecule has 0 bridgehead atoms. The van der Waals surface area contributed by atoms with Gasteiger partial charge in [-0.1, -0.05) is 6.42 Å². The highest BCUT2D eigenvalue weighted by atomic mass is 16.6. The van der Waals surface area contributed by atoms with Gasteiger partial charge in [-0.25, -0.2) is 9.80 Å². The van der Waals surface area contributed by atoms with E-state index >= 15 is 0 Å². The minimum atomic E-state index is -0.291. The Labute approximate surface area is 97.1 Å². The monoisotopic (exact) mass is 230 g/mol. The molecule has 1 saturated heterocycles. The van der Waals surface area contributed by atoms with Gasteiger partial charge >= 0.3 is 5.97 Å². The summed E-state index contributed by atoms with van der Waals surface area (Å²) in [5.74, 6) is -0.291. The SMILES string of the molecule is CCOC(=O)COCCNN1CCCCC1. The van der Waals surface area contributed by atoms with Gasteiger partial charge in [0.1, 0.15) is 6.61 Å². The third-order valence-electron chi connectivity index (χ3n) is 2.46. The fraction of sp³-hybridized carbons (Fsp3) is 0.909. The fourth-order valence-corrected chi connectivity index (χ4v) is 1.69. The van der Waals surface area contributed by atoms with Gasteiger partial charge in [0.2, 0.25) is 0 Å². The average Bonchev–Trinajstić information content (AvgIpc) is 2.30. The molecule has 0 aromatic heterocycles. The molecule has 0 spiro atoms. The Bertz CT molecular complexity index is 194. The van der Waals surface area contributed by atoms with E-state index in [-0.39, 0.29) is 12.6 Å². The van der Waals surface area contributed by atoms with E-state index in [1.54, 1.807) is 6.92 Å². The summed E-state index contributed by atoms with van der Waals surface area (Å²) in [4.78, 5) is 10.9. The molecule has 0 unspecified atom stereocenters. The molecule has 0 aliphatic carbocycles. The summed E-state index contributed by atoms with van der Waals surface area (Å²) in [6, 6.07) is 0. The topological polar surface area (TPSA) is 50.8 Å². The number of hydrogen-bond donors (Lipinski definition) is 1. The maximum Gasteiger partial charge on any atom is 0.332 e. The standard InChI is InChI=1S/C11H22N2O3/c1-2-16-11(14)10-15-9-6-12-13-7-4-3-5-8-13/h12H,2-10H2,1H3. The number of nitrogens with one attached hydrogen (secondary N) is 1. The summed E-state index contributed by atoms with van der Waals surface area (Å²) in [5.41, 5.74) is 3.28. The first-order valence-corrected chi connectivity index (χ1v) is 6.04. The van der Waals surface area contributed by atoms with E-state index in [1.807, 2.05) is 0 Å². The molecule has 1 aliphatic rings. The lowest BCUT2D eigenvalue weighted by atomic mass is 10.2. The van der Waals surface area contributed by atoms with Gasteiger partial charge in [-0.15, -0.1) is 0 Å². The maximum absolute atomic E-state index is 10.9. The molecule has 0 radical (unpaired) electrons. The summed E-state index contributed by atoms with van der Waals surface area (Å²) >= 11 is 0. The zero-order valence-corrected chi connectivity index (χ0v) is 10.0. The Morgan fingerprint density at radius 2 is 2.06 bits per heavy atom. The molecule has 5 nitrogen and oxygen atoms in total. The number of carbonyl (C=O) groups is 1. The number of piperidine rings is 1. The molecule has 1 aliphatic heterocycles. The van der Waals surface area contributed by atoms with E-state index in [0.29, 0.717) is 13.2 Å². The molecule has 0 saturated carbocycles. The Kier molecular flexibility index (Phi) is 7.12. The van der Waals surface area contributed by atoms with Crippen molar-refractivity contribution < 1.29 is 14.3 Å². The second-order valence-electron chi connectivity index (χ2n) is 3.81. The van der Waals surface area contributed by atoms with Crippen molar-refractivity contribution in [3.05, 3.63) is 0 Å². The normalized spacial score (nSPS) is 17.3. The van der Waals surface area contributed by atoms with Crippen molar-refractivity contribution in [3.63, 3.8) is 0 Å². The lowest BCUT2D eigenvalue weighted by Crippen LogP contribution is -2.43. The van der Waals surface area contributed by atoms with E-state index in [1.165, 1.54) is 19.3 Å². The molecule has 1 rings (SSSR count). The van der Waals surface area contributed by atoms with Gasteiger partial charge in [-0.2, -0.15) is 0 Å². The van der Waals surface area contributed by atoms with E-state index in [0.717, 1.165) is 19.6 Å². The Hall–Kier alpha value is -0.650. The van der Waals surface area contributed by atoms with Crippen LogP contribution in [-0.4, -0.2) is 50.4 Å². The number of nitrogens with zero attached hydrogens (tertiary/aromatic N) is 1. The van der Waals surface area contributed by atoms with E-state index in [2.05, 4.69) is 10.4 Å². The van der Waals surface area contributed by atoms with Crippen LogP contribution in [-0.2, 0) is 14.3 Å². The largest absolute Gasteiger partial charge is 0.464 e. The Balaban J connectivity index is 1.89. The molecule has 0 amide bonds. The lowest BCUT2D eigenvalue weighted by Gasteiger charge is -2.26. The Morgan fingerprint density at radius 1 is 1.31 bits per heavy atom. The van der Waals surface area contributed by atoms with Crippen LogP contribution in [0.4, 0.5) is 0 Å². The van der Waals surface area contributed by atoms with Crippen molar-refractivity contribution >= 4 is 5.97 Å². The molecule has 1 heterocycles.